The molecule has 1 aliphatic rings. The van der Waals surface area contributed by atoms with Crippen molar-refractivity contribution in [2.24, 2.45) is 5.92 Å². The summed E-state index contributed by atoms with van der Waals surface area (Å²) in [6.45, 7) is 4.24. The first-order valence-electron chi connectivity index (χ1n) is 6.98. The molecule has 1 saturated carbocycles. The maximum Gasteiger partial charge on any atom is 0.102 e. The van der Waals surface area contributed by atoms with Gasteiger partial charge in [-0.05, 0) is 44.2 Å². The van der Waals surface area contributed by atoms with Crippen LogP contribution in [0.1, 0.15) is 50.2 Å². The Kier molecular flexibility index (Phi) is 4.25. The van der Waals surface area contributed by atoms with E-state index in [1.165, 1.54) is 32.1 Å². The molecule has 2 rings (SSSR count). The van der Waals surface area contributed by atoms with Gasteiger partial charge in [0.25, 0.3) is 0 Å². The Labute approximate surface area is 110 Å². The number of anilines is 1. The topological polar surface area (TPSA) is 35.8 Å². The summed E-state index contributed by atoms with van der Waals surface area (Å²) in [5.74, 6) is 0.755. The van der Waals surface area contributed by atoms with Gasteiger partial charge in [0.1, 0.15) is 6.07 Å². The Morgan fingerprint density at radius 1 is 1.28 bits per heavy atom. The first-order valence-corrected chi connectivity index (χ1v) is 6.98. The molecule has 1 aromatic rings. The predicted molar refractivity (Wildman–Crippen MR) is 75.6 cm³/mol. The van der Waals surface area contributed by atoms with E-state index in [0.717, 1.165) is 22.7 Å². The summed E-state index contributed by atoms with van der Waals surface area (Å²) in [6, 6.07) is 8.80. The molecule has 0 heterocycles. The van der Waals surface area contributed by atoms with Crippen LogP contribution in [-0.2, 0) is 0 Å². The van der Waals surface area contributed by atoms with E-state index in [-0.39, 0.29) is 0 Å². The smallest absolute Gasteiger partial charge is 0.102 e. The fraction of sp³-hybridized carbons (Fsp3) is 0.562. The molecular formula is C16H22N2. The van der Waals surface area contributed by atoms with Crippen LogP contribution in [0.15, 0.2) is 18.2 Å². The van der Waals surface area contributed by atoms with Gasteiger partial charge in [0, 0.05) is 6.04 Å². The van der Waals surface area contributed by atoms with Gasteiger partial charge in [-0.15, -0.1) is 0 Å². The summed E-state index contributed by atoms with van der Waals surface area (Å²) < 4.78 is 0. The zero-order valence-electron chi connectivity index (χ0n) is 11.4. The van der Waals surface area contributed by atoms with E-state index in [9.17, 15) is 5.26 Å². The highest BCUT2D eigenvalue weighted by Gasteiger charge is 2.20. The van der Waals surface area contributed by atoms with E-state index in [1.54, 1.807) is 0 Å². The molecule has 18 heavy (non-hydrogen) atoms. The fourth-order valence-corrected chi connectivity index (χ4v) is 2.93. The van der Waals surface area contributed by atoms with Crippen molar-refractivity contribution in [1.82, 2.24) is 0 Å². The van der Waals surface area contributed by atoms with Crippen molar-refractivity contribution < 1.29 is 0 Å². The van der Waals surface area contributed by atoms with Crippen molar-refractivity contribution in [3.05, 3.63) is 29.3 Å². The summed E-state index contributed by atoms with van der Waals surface area (Å²) in [5, 5.41) is 12.8. The molecule has 96 valence electrons. The maximum atomic E-state index is 9.23. The molecule has 0 radical (unpaired) electrons. The number of nitrogens with one attached hydrogen (secondary N) is 1. The van der Waals surface area contributed by atoms with Crippen molar-refractivity contribution in [3.63, 3.8) is 0 Å². The normalized spacial score (nSPS) is 18.1. The molecule has 1 aromatic carbocycles. The molecule has 2 nitrogen and oxygen atoms in total. The molecule has 0 amide bonds. The molecule has 1 aliphatic carbocycles. The van der Waals surface area contributed by atoms with Gasteiger partial charge in [0.15, 0.2) is 0 Å². The second-order valence-electron chi connectivity index (χ2n) is 5.44. The van der Waals surface area contributed by atoms with Crippen LogP contribution < -0.4 is 5.32 Å². The van der Waals surface area contributed by atoms with E-state index < -0.39 is 0 Å². The second kappa shape index (κ2) is 5.91. The van der Waals surface area contributed by atoms with E-state index in [0.29, 0.717) is 6.04 Å². The molecule has 2 heteroatoms. The summed E-state index contributed by atoms with van der Waals surface area (Å²) in [7, 11) is 0. The quantitative estimate of drug-likeness (QED) is 0.860. The van der Waals surface area contributed by atoms with Gasteiger partial charge in [-0.25, -0.2) is 0 Å². The average molecular weight is 242 g/mol. The highest BCUT2D eigenvalue weighted by atomic mass is 14.9. The number of benzene rings is 1. The van der Waals surface area contributed by atoms with Crippen molar-refractivity contribution in [2.75, 3.05) is 5.32 Å². The molecule has 1 atom stereocenters. The molecule has 0 saturated heterocycles. The summed E-state index contributed by atoms with van der Waals surface area (Å²) in [4.78, 5) is 0. The van der Waals surface area contributed by atoms with E-state index >= 15 is 0 Å². The lowest BCUT2D eigenvalue weighted by atomic mass is 9.84. The number of nitriles is 1. The number of aryl methyl sites for hydroxylation is 1. The average Bonchev–Trinajstić information content (AvgIpc) is 2.40. The summed E-state index contributed by atoms with van der Waals surface area (Å²) >= 11 is 0. The van der Waals surface area contributed by atoms with Crippen LogP contribution in [0.5, 0.6) is 0 Å². The molecule has 1 N–H and O–H groups in total. The van der Waals surface area contributed by atoms with Crippen molar-refractivity contribution in [2.45, 2.75) is 52.0 Å². The monoisotopic (exact) mass is 242 g/mol. The van der Waals surface area contributed by atoms with Crippen LogP contribution in [0.2, 0.25) is 0 Å². The van der Waals surface area contributed by atoms with Crippen molar-refractivity contribution in [3.8, 4) is 6.07 Å². The zero-order chi connectivity index (χ0) is 13.0. The third-order valence-corrected chi connectivity index (χ3v) is 4.12. The first kappa shape index (κ1) is 13.0. The van der Waals surface area contributed by atoms with Crippen LogP contribution in [0.3, 0.4) is 0 Å². The molecule has 0 aromatic heterocycles. The van der Waals surface area contributed by atoms with Crippen LogP contribution in [0.4, 0.5) is 5.69 Å². The van der Waals surface area contributed by atoms with Gasteiger partial charge < -0.3 is 5.32 Å². The third-order valence-electron chi connectivity index (χ3n) is 4.12. The van der Waals surface area contributed by atoms with Crippen molar-refractivity contribution >= 4 is 5.69 Å². The maximum absolute atomic E-state index is 9.23. The lowest BCUT2D eigenvalue weighted by molar-refractivity contribution is 0.328. The highest BCUT2D eigenvalue weighted by Crippen LogP contribution is 2.29. The predicted octanol–water partition coefficient (Wildman–Crippen LogP) is 4.25. The van der Waals surface area contributed by atoms with Gasteiger partial charge in [-0.1, -0.05) is 31.4 Å². The number of rotatable bonds is 3. The lowest BCUT2D eigenvalue weighted by Crippen LogP contribution is -2.28. The highest BCUT2D eigenvalue weighted by molar-refractivity contribution is 5.61. The minimum atomic E-state index is 0.458. The molecule has 0 spiro atoms. The van der Waals surface area contributed by atoms with Crippen LogP contribution in [-0.4, -0.2) is 6.04 Å². The molecule has 1 unspecified atom stereocenters. The van der Waals surface area contributed by atoms with Gasteiger partial charge in [0.05, 0.1) is 11.3 Å². The van der Waals surface area contributed by atoms with Gasteiger partial charge >= 0.3 is 0 Å². The number of nitrogens with zero attached hydrogens (tertiary/aromatic N) is 1. The minimum Gasteiger partial charge on any atom is -0.381 e. The van der Waals surface area contributed by atoms with Crippen molar-refractivity contribution in [1.29, 1.82) is 5.26 Å². The number of hydrogen-bond donors (Lipinski definition) is 1. The Morgan fingerprint density at radius 2 is 2.00 bits per heavy atom. The van der Waals surface area contributed by atoms with Gasteiger partial charge in [-0.3, -0.25) is 0 Å². The summed E-state index contributed by atoms with van der Waals surface area (Å²) in [6.07, 6.45) is 6.74. The fourth-order valence-electron chi connectivity index (χ4n) is 2.93. The standard InChI is InChI=1S/C16H22N2/c1-12-7-6-10-16(15(12)11-17)18-13(2)14-8-4-3-5-9-14/h6-7,10,13-14,18H,3-5,8-9H2,1-2H3. The third kappa shape index (κ3) is 2.85. The SMILES string of the molecule is Cc1cccc(NC(C)C2CCCCC2)c1C#N. The van der Waals surface area contributed by atoms with Crippen LogP contribution in [0.25, 0.3) is 0 Å². The second-order valence-corrected chi connectivity index (χ2v) is 5.44. The van der Waals surface area contributed by atoms with Gasteiger partial charge in [-0.2, -0.15) is 5.26 Å². The molecule has 0 aliphatic heterocycles. The van der Waals surface area contributed by atoms with E-state index in [2.05, 4.69) is 18.3 Å². The summed E-state index contributed by atoms with van der Waals surface area (Å²) in [5.41, 5.74) is 2.84. The molecule has 1 fully saturated rings. The Bertz CT molecular complexity index is 439. The van der Waals surface area contributed by atoms with E-state index in [4.69, 9.17) is 0 Å². The Morgan fingerprint density at radius 3 is 2.67 bits per heavy atom. The largest absolute Gasteiger partial charge is 0.381 e. The Hall–Kier alpha value is -1.49. The lowest BCUT2D eigenvalue weighted by Gasteiger charge is -2.29. The van der Waals surface area contributed by atoms with Crippen LogP contribution in [0, 0.1) is 24.2 Å². The molecular weight excluding hydrogens is 220 g/mol. The van der Waals surface area contributed by atoms with Gasteiger partial charge in [0.2, 0.25) is 0 Å². The molecule has 0 bridgehead atoms. The minimum absolute atomic E-state index is 0.458. The van der Waals surface area contributed by atoms with Crippen LogP contribution >= 0.6 is 0 Å². The Balaban J connectivity index is 2.09. The number of hydrogen-bond acceptors (Lipinski definition) is 2. The zero-order valence-corrected chi connectivity index (χ0v) is 11.4. The van der Waals surface area contributed by atoms with E-state index in [1.807, 2.05) is 25.1 Å². The first-order chi connectivity index (χ1) is 8.72.